The van der Waals surface area contributed by atoms with Crippen LogP contribution in [0.3, 0.4) is 0 Å². The van der Waals surface area contributed by atoms with Crippen molar-refractivity contribution in [3.05, 3.63) is 27.9 Å². The molecule has 6 heteroatoms. The molecular formula is C9H11ClN2O3. The summed E-state index contributed by atoms with van der Waals surface area (Å²) in [5.41, 5.74) is 0.328. The molecule has 2 rings (SSSR count). The Morgan fingerprint density at radius 3 is 3.13 bits per heavy atom. The van der Waals surface area contributed by atoms with Crippen LogP contribution in [-0.4, -0.2) is 29.8 Å². The van der Waals surface area contributed by atoms with Gasteiger partial charge in [0, 0.05) is 6.07 Å². The molecule has 0 aliphatic carbocycles. The highest BCUT2D eigenvalue weighted by Crippen LogP contribution is 2.16. The lowest BCUT2D eigenvalue weighted by atomic mass is 10.3. The van der Waals surface area contributed by atoms with Gasteiger partial charge in [-0.3, -0.25) is 4.79 Å². The maximum atomic E-state index is 11.3. The Labute approximate surface area is 91.4 Å². The van der Waals surface area contributed by atoms with Crippen LogP contribution in [0.2, 0.25) is 0 Å². The maximum Gasteiger partial charge on any atom is 0.251 e. The van der Waals surface area contributed by atoms with Crippen LogP contribution in [0.15, 0.2) is 10.9 Å². The van der Waals surface area contributed by atoms with Gasteiger partial charge < -0.3 is 14.5 Å². The third-order valence-electron chi connectivity index (χ3n) is 2.07. The van der Waals surface area contributed by atoms with Gasteiger partial charge >= 0.3 is 0 Å². The van der Waals surface area contributed by atoms with Crippen LogP contribution in [0.4, 0.5) is 0 Å². The Balaban J connectivity index is 2.26. The molecule has 15 heavy (non-hydrogen) atoms. The molecule has 1 atom stereocenters. The van der Waals surface area contributed by atoms with Crippen molar-refractivity contribution in [3.63, 3.8) is 0 Å². The third-order valence-corrected chi connectivity index (χ3v) is 2.34. The predicted octanol–water partition coefficient (Wildman–Crippen LogP) is 0.597. The fourth-order valence-corrected chi connectivity index (χ4v) is 1.53. The highest BCUT2D eigenvalue weighted by Gasteiger charge is 2.19. The summed E-state index contributed by atoms with van der Waals surface area (Å²) in [7, 11) is 0. The van der Waals surface area contributed by atoms with E-state index in [0.29, 0.717) is 31.3 Å². The monoisotopic (exact) mass is 230 g/mol. The Morgan fingerprint density at radius 1 is 1.60 bits per heavy atom. The molecule has 2 heterocycles. The van der Waals surface area contributed by atoms with Crippen molar-refractivity contribution in [1.29, 1.82) is 0 Å². The molecule has 1 aliphatic rings. The number of alkyl halides is 1. The number of aromatic nitrogens is 2. The number of halogens is 1. The van der Waals surface area contributed by atoms with E-state index >= 15 is 0 Å². The minimum Gasteiger partial charge on any atom is -0.376 e. The molecule has 1 aromatic rings. The SMILES string of the molecule is O=c1cc(CCl)nc(C2COCCO2)[nH]1. The molecule has 0 bridgehead atoms. The summed E-state index contributed by atoms with van der Waals surface area (Å²) in [5, 5.41) is 0. The van der Waals surface area contributed by atoms with Crippen LogP contribution in [0.1, 0.15) is 17.6 Å². The molecular weight excluding hydrogens is 220 g/mol. The van der Waals surface area contributed by atoms with Crippen molar-refractivity contribution < 1.29 is 9.47 Å². The quantitative estimate of drug-likeness (QED) is 0.756. The van der Waals surface area contributed by atoms with E-state index in [0.717, 1.165) is 0 Å². The van der Waals surface area contributed by atoms with E-state index < -0.39 is 0 Å². The zero-order valence-electron chi connectivity index (χ0n) is 8.03. The molecule has 0 aromatic carbocycles. The van der Waals surface area contributed by atoms with Gasteiger partial charge in [-0.1, -0.05) is 0 Å². The Kier molecular flexibility index (Phi) is 3.35. The summed E-state index contributed by atoms with van der Waals surface area (Å²) in [5.74, 6) is 0.697. The fourth-order valence-electron chi connectivity index (χ4n) is 1.40. The predicted molar refractivity (Wildman–Crippen MR) is 53.9 cm³/mol. The highest BCUT2D eigenvalue weighted by molar-refractivity contribution is 6.16. The van der Waals surface area contributed by atoms with E-state index in [9.17, 15) is 4.79 Å². The van der Waals surface area contributed by atoms with Crippen molar-refractivity contribution in [2.45, 2.75) is 12.0 Å². The van der Waals surface area contributed by atoms with Crippen molar-refractivity contribution in [2.24, 2.45) is 0 Å². The molecule has 5 nitrogen and oxygen atoms in total. The number of H-pyrrole nitrogens is 1. The summed E-state index contributed by atoms with van der Waals surface area (Å²) < 4.78 is 10.6. The number of nitrogens with one attached hydrogen (secondary N) is 1. The van der Waals surface area contributed by atoms with Gasteiger partial charge in [0.2, 0.25) is 0 Å². The largest absolute Gasteiger partial charge is 0.376 e. The second-order valence-corrected chi connectivity index (χ2v) is 3.46. The van der Waals surface area contributed by atoms with Crippen LogP contribution < -0.4 is 5.56 Å². The maximum absolute atomic E-state index is 11.3. The minimum absolute atomic E-state index is 0.213. The van der Waals surface area contributed by atoms with Crippen molar-refractivity contribution in [2.75, 3.05) is 19.8 Å². The van der Waals surface area contributed by atoms with Crippen molar-refractivity contribution in [1.82, 2.24) is 9.97 Å². The molecule has 1 fully saturated rings. The summed E-state index contributed by atoms with van der Waals surface area (Å²) in [6.45, 7) is 1.50. The molecule has 1 aromatic heterocycles. The molecule has 0 amide bonds. The molecule has 1 N–H and O–H groups in total. The first-order chi connectivity index (χ1) is 7.29. The van der Waals surface area contributed by atoms with Gasteiger partial charge in [0.05, 0.1) is 31.4 Å². The first-order valence-electron chi connectivity index (χ1n) is 4.65. The highest BCUT2D eigenvalue weighted by atomic mass is 35.5. The average Bonchev–Trinajstić information content (AvgIpc) is 2.29. The summed E-state index contributed by atoms with van der Waals surface area (Å²) >= 11 is 5.62. The third kappa shape index (κ3) is 2.56. The lowest BCUT2D eigenvalue weighted by Crippen LogP contribution is -2.26. The van der Waals surface area contributed by atoms with E-state index in [2.05, 4.69) is 9.97 Å². The number of hydrogen-bond acceptors (Lipinski definition) is 4. The molecule has 0 spiro atoms. The Bertz CT molecular complexity index is 387. The van der Waals surface area contributed by atoms with Gasteiger partial charge in [0.15, 0.2) is 0 Å². The molecule has 1 saturated heterocycles. The molecule has 0 saturated carbocycles. The van der Waals surface area contributed by atoms with Crippen LogP contribution in [-0.2, 0) is 15.4 Å². The topological polar surface area (TPSA) is 64.2 Å². The van der Waals surface area contributed by atoms with Crippen LogP contribution in [0.25, 0.3) is 0 Å². The lowest BCUT2D eigenvalue weighted by Gasteiger charge is -2.22. The normalized spacial score (nSPS) is 21.5. The number of hydrogen-bond donors (Lipinski definition) is 1. The Hall–Kier alpha value is -0.910. The summed E-state index contributed by atoms with van der Waals surface area (Å²) in [4.78, 5) is 18.1. The van der Waals surface area contributed by atoms with Crippen LogP contribution in [0.5, 0.6) is 0 Å². The molecule has 82 valence electrons. The van der Waals surface area contributed by atoms with Crippen molar-refractivity contribution >= 4 is 11.6 Å². The van der Waals surface area contributed by atoms with E-state index in [1.165, 1.54) is 6.07 Å². The van der Waals surface area contributed by atoms with Crippen LogP contribution in [0, 0.1) is 0 Å². The first-order valence-corrected chi connectivity index (χ1v) is 5.18. The van der Waals surface area contributed by atoms with Gasteiger partial charge in [0.25, 0.3) is 5.56 Å². The molecule has 0 radical (unpaired) electrons. The average molecular weight is 231 g/mol. The number of ether oxygens (including phenoxy) is 2. The van der Waals surface area contributed by atoms with Gasteiger partial charge in [-0.05, 0) is 0 Å². The smallest absolute Gasteiger partial charge is 0.251 e. The van der Waals surface area contributed by atoms with Gasteiger partial charge in [-0.2, -0.15) is 0 Å². The summed E-state index contributed by atoms with van der Waals surface area (Å²) in [6, 6.07) is 1.38. The minimum atomic E-state index is -0.297. The number of nitrogens with zero attached hydrogens (tertiary/aromatic N) is 1. The second-order valence-electron chi connectivity index (χ2n) is 3.19. The van der Waals surface area contributed by atoms with Crippen molar-refractivity contribution in [3.8, 4) is 0 Å². The standard InChI is InChI=1S/C9H11ClN2O3/c10-4-6-3-8(13)12-9(11-6)7-5-14-1-2-15-7/h3,7H,1-2,4-5H2,(H,11,12,13). The zero-order valence-corrected chi connectivity index (χ0v) is 8.79. The van der Waals surface area contributed by atoms with Gasteiger partial charge in [-0.15, -0.1) is 11.6 Å². The summed E-state index contributed by atoms with van der Waals surface area (Å²) in [6.07, 6.45) is -0.297. The zero-order chi connectivity index (χ0) is 10.7. The molecule has 1 aliphatic heterocycles. The number of aromatic amines is 1. The van der Waals surface area contributed by atoms with Gasteiger partial charge in [0.1, 0.15) is 11.9 Å². The fraction of sp³-hybridized carbons (Fsp3) is 0.556. The van der Waals surface area contributed by atoms with E-state index in [4.69, 9.17) is 21.1 Å². The van der Waals surface area contributed by atoms with Gasteiger partial charge in [-0.25, -0.2) is 4.98 Å². The lowest BCUT2D eigenvalue weighted by molar-refractivity contribution is -0.0936. The van der Waals surface area contributed by atoms with E-state index in [1.807, 2.05) is 0 Å². The first kappa shape index (κ1) is 10.6. The number of rotatable bonds is 2. The van der Waals surface area contributed by atoms with E-state index in [-0.39, 0.29) is 17.5 Å². The van der Waals surface area contributed by atoms with E-state index in [1.54, 1.807) is 0 Å². The van der Waals surface area contributed by atoms with Crippen LogP contribution >= 0.6 is 11.6 Å². The second kappa shape index (κ2) is 4.74. The Morgan fingerprint density at radius 2 is 2.47 bits per heavy atom. The molecule has 1 unspecified atom stereocenters.